The summed E-state index contributed by atoms with van der Waals surface area (Å²) in [6, 6.07) is 9.23. The zero-order chi connectivity index (χ0) is 22.8. The van der Waals surface area contributed by atoms with Crippen molar-refractivity contribution in [3.8, 4) is 11.3 Å². The standard InChI is InChI=1S/C26H29N5O2/c1-31-16-20(19-10-6-14-27-25(19)31)24-26(33)30-22-15-18(12-13-21(22)29-24)28-23(32)11-5-9-17-7-3-2-4-8-17/h6,10,12-17H,2-5,7-9,11H2,1H3,(H,28,32)(H,30,33). The van der Waals surface area contributed by atoms with E-state index in [1.807, 2.05) is 42.1 Å². The Kier molecular flexibility index (Phi) is 5.94. The van der Waals surface area contributed by atoms with Gasteiger partial charge in [-0.3, -0.25) is 9.59 Å². The molecule has 0 saturated heterocycles. The van der Waals surface area contributed by atoms with Gasteiger partial charge in [-0.05, 0) is 49.1 Å². The van der Waals surface area contributed by atoms with Gasteiger partial charge in [0.25, 0.3) is 5.56 Å². The highest BCUT2D eigenvalue weighted by atomic mass is 16.1. The first-order valence-electron chi connectivity index (χ1n) is 11.8. The molecule has 2 N–H and O–H groups in total. The number of pyridine rings is 1. The van der Waals surface area contributed by atoms with E-state index in [4.69, 9.17) is 0 Å². The van der Waals surface area contributed by atoms with Crippen molar-refractivity contribution < 1.29 is 4.79 Å². The van der Waals surface area contributed by atoms with E-state index in [0.29, 0.717) is 28.8 Å². The van der Waals surface area contributed by atoms with E-state index >= 15 is 0 Å². The van der Waals surface area contributed by atoms with E-state index < -0.39 is 0 Å². The summed E-state index contributed by atoms with van der Waals surface area (Å²) < 4.78 is 1.89. The fraction of sp³-hybridized carbons (Fsp3) is 0.385. The van der Waals surface area contributed by atoms with Crippen LogP contribution in [0.15, 0.2) is 47.5 Å². The van der Waals surface area contributed by atoms with E-state index in [1.165, 1.54) is 32.1 Å². The second kappa shape index (κ2) is 9.17. The molecule has 170 valence electrons. The number of nitrogens with zero attached hydrogens (tertiary/aromatic N) is 3. The van der Waals surface area contributed by atoms with Crippen LogP contribution in [0.25, 0.3) is 33.3 Å². The minimum absolute atomic E-state index is 0.0142. The Morgan fingerprint density at radius 2 is 2.06 bits per heavy atom. The monoisotopic (exact) mass is 443 g/mol. The van der Waals surface area contributed by atoms with Gasteiger partial charge in [0.1, 0.15) is 11.3 Å². The summed E-state index contributed by atoms with van der Waals surface area (Å²) >= 11 is 0. The van der Waals surface area contributed by atoms with Gasteiger partial charge in [0, 0.05) is 42.5 Å². The molecule has 0 aliphatic heterocycles. The Labute approximate surface area is 192 Å². The number of benzene rings is 1. The summed E-state index contributed by atoms with van der Waals surface area (Å²) in [5.41, 5.74) is 3.58. The molecular formula is C26H29N5O2. The normalized spacial score (nSPS) is 14.7. The van der Waals surface area contributed by atoms with Crippen LogP contribution in [-0.2, 0) is 11.8 Å². The number of H-pyrrole nitrogens is 1. The van der Waals surface area contributed by atoms with Crippen molar-refractivity contribution in [2.24, 2.45) is 13.0 Å². The first-order chi connectivity index (χ1) is 16.1. The largest absolute Gasteiger partial charge is 0.335 e. The Morgan fingerprint density at radius 1 is 1.21 bits per heavy atom. The van der Waals surface area contributed by atoms with Crippen molar-refractivity contribution in [2.45, 2.75) is 51.4 Å². The molecule has 1 aromatic carbocycles. The van der Waals surface area contributed by atoms with Gasteiger partial charge < -0.3 is 14.9 Å². The molecule has 0 unspecified atom stereocenters. The number of rotatable bonds is 6. The van der Waals surface area contributed by atoms with Gasteiger partial charge in [-0.2, -0.15) is 0 Å². The maximum absolute atomic E-state index is 12.9. The summed E-state index contributed by atoms with van der Waals surface area (Å²) in [4.78, 5) is 37.2. The number of aromatic amines is 1. The summed E-state index contributed by atoms with van der Waals surface area (Å²) in [5.74, 6) is 0.801. The lowest BCUT2D eigenvalue weighted by molar-refractivity contribution is -0.116. The molecule has 1 fully saturated rings. The minimum Gasteiger partial charge on any atom is -0.335 e. The molecule has 1 saturated carbocycles. The van der Waals surface area contributed by atoms with Crippen molar-refractivity contribution in [1.82, 2.24) is 19.5 Å². The van der Waals surface area contributed by atoms with Crippen LogP contribution < -0.4 is 10.9 Å². The summed E-state index contributed by atoms with van der Waals surface area (Å²) in [7, 11) is 1.90. The van der Waals surface area contributed by atoms with Crippen LogP contribution in [0.1, 0.15) is 51.4 Å². The number of fused-ring (bicyclic) bond motifs is 2. The third-order valence-corrected chi connectivity index (χ3v) is 6.71. The molecule has 0 radical (unpaired) electrons. The van der Waals surface area contributed by atoms with E-state index in [0.717, 1.165) is 35.4 Å². The number of nitrogens with one attached hydrogen (secondary N) is 2. The van der Waals surface area contributed by atoms with Gasteiger partial charge in [0.2, 0.25) is 5.91 Å². The van der Waals surface area contributed by atoms with E-state index in [-0.39, 0.29) is 11.5 Å². The fourth-order valence-corrected chi connectivity index (χ4v) is 5.00. The highest BCUT2D eigenvalue weighted by Crippen LogP contribution is 2.28. The van der Waals surface area contributed by atoms with Gasteiger partial charge in [-0.25, -0.2) is 9.97 Å². The number of hydrogen-bond donors (Lipinski definition) is 2. The molecule has 1 aliphatic carbocycles. The highest BCUT2D eigenvalue weighted by Gasteiger charge is 2.16. The Hall–Kier alpha value is -3.48. The summed E-state index contributed by atoms with van der Waals surface area (Å²) in [6.07, 6.45) is 12.8. The molecule has 7 heteroatoms. The predicted octanol–water partition coefficient (Wildman–Crippen LogP) is 5.17. The fourth-order valence-electron chi connectivity index (χ4n) is 5.00. The van der Waals surface area contributed by atoms with Crippen LogP contribution >= 0.6 is 0 Å². The zero-order valence-corrected chi connectivity index (χ0v) is 18.9. The second-order valence-corrected chi connectivity index (χ2v) is 9.12. The highest BCUT2D eigenvalue weighted by molar-refractivity contribution is 5.95. The lowest BCUT2D eigenvalue weighted by Crippen LogP contribution is -2.14. The number of amides is 1. The van der Waals surface area contributed by atoms with E-state index in [1.54, 1.807) is 12.3 Å². The van der Waals surface area contributed by atoms with Gasteiger partial charge in [0.15, 0.2) is 0 Å². The quantitative estimate of drug-likeness (QED) is 0.430. The average Bonchev–Trinajstić information content (AvgIpc) is 3.16. The smallest absolute Gasteiger partial charge is 0.275 e. The van der Waals surface area contributed by atoms with Crippen molar-refractivity contribution in [3.63, 3.8) is 0 Å². The zero-order valence-electron chi connectivity index (χ0n) is 18.9. The lowest BCUT2D eigenvalue weighted by Gasteiger charge is -2.21. The Bertz CT molecular complexity index is 1360. The number of carbonyl (C=O) groups is 1. The number of hydrogen-bond acceptors (Lipinski definition) is 4. The number of aromatic nitrogens is 4. The first-order valence-corrected chi connectivity index (χ1v) is 11.8. The van der Waals surface area contributed by atoms with Crippen LogP contribution in [0.3, 0.4) is 0 Å². The summed E-state index contributed by atoms with van der Waals surface area (Å²) in [6.45, 7) is 0. The van der Waals surface area contributed by atoms with Crippen molar-refractivity contribution in [1.29, 1.82) is 0 Å². The van der Waals surface area contributed by atoms with E-state index in [9.17, 15) is 9.59 Å². The molecule has 4 aromatic rings. The molecule has 3 heterocycles. The molecular weight excluding hydrogens is 414 g/mol. The second-order valence-electron chi connectivity index (χ2n) is 9.12. The van der Waals surface area contributed by atoms with Crippen molar-refractivity contribution >= 4 is 33.7 Å². The average molecular weight is 444 g/mol. The van der Waals surface area contributed by atoms with Crippen molar-refractivity contribution in [3.05, 3.63) is 53.1 Å². The predicted molar refractivity (Wildman–Crippen MR) is 131 cm³/mol. The molecule has 1 amide bonds. The Balaban J connectivity index is 1.32. The van der Waals surface area contributed by atoms with E-state index in [2.05, 4.69) is 20.3 Å². The van der Waals surface area contributed by atoms with Gasteiger partial charge >= 0.3 is 0 Å². The molecule has 7 nitrogen and oxygen atoms in total. The number of anilines is 1. The Morgan fingerprint density at radius 3 is 2.91 bits per heavy atom. The third-order valence-electron chi connectivity index (χ3n) is 6.71. The summed E-state index contributed by atoms with van der Waals surface area (Å²) in [5, 5.41) is 3.85. The van der Waals surface area contributed by atoms with Crippen LogP contribution in [-0.4, -0.2) is 25.4 Å². The molecule has 33 heavy (non-hydrogen) atoms. The van der Waals surface area contributed by atoms with Crippen LogP contribution in [0, 0.1) is 5.92 Å². The van der Waals surface area contributed by atoms with Gasteiger partial charge in [0.05, 0.1) is 11.0 Å². The third kappa shape index (κ3) is 4.53. The maximum atomic E-state index is 12.9. The maximum Gasteiger partial charge on any atom is 0.275 e. The van der Waals surface area contributed by atoms with Crippen molar-refractivity contribution in [2.75, 3.05) is 5.32 Å². The van der Waals surface area contributed by atoms with Gasteiger partial charge in [-0.15, -0.1) is 0 Å². The molecule has 1 aliphatic rings. The topological polar surface area (TPSA) is 92.7 Å². The number of carbonyl (C=O) groups excluding carboxylic acids is 1. The van der Waals surface area contributed by atoms with Crippen LogP contribution in [0.4, 0.5) is 5.69 Å². The molecule has 0 spiro atoms. The van der Waals surface area contributed by atoms with Crippen LogP contribution in [0.2, 0.25) is 0 Å². The van der Waals surface area contributed by atoms with Gasteiger partial charge in [-0.1, -0.05) is 32.1 Å². The molecule has 0 atom stereocenters. The molecule has 0 bridgehead atoms. The molecule has 3 aromatic heterocycles. The van der Waals surface area contributed by atoms with Crippen LogP contribution in [0.5, 0.6) is 0 Å². The molecule has 5 rings (SSSR count). The first kappa shape index (κ1) is 21.4. The SMILES string of the molecule is Cn1cc(-c2nc3ccc(NC(=O)CCCC4CCCCC4)cc3[nH]c2=O)c2cccnc21. The lowest BCUT2D eigenvalue weighted by atomic mass is 9.86. The number of aryl methyl sites for hydroxylation is 1. The minimum atomic E-state index is -0.269.